The van der Waals surface area contributed by atoms with Crippen LogP contribution < -0.4 is 0 Å². The van der Waals surface area contributed by atoms with Gasteiger partial charge in [-0.1, -0.05) is 265 Å². The molecule has 390 valence electrons. The van der Waals surface area contributed by atoms with Crippen LogP contribution in [0, 0.1) is 0 Å². The largest absolute Gasteiger partial charge is 0.462 e. The van der Waals surface area contributed by atoms with E-state index >= 15 is 0 Å². The van der Waals surface area contributed by atoms with Crippen LogP contribution >= 0.6 is 0 Å². The van der Waals surface area contributed by atoms with Crippen molar-refractivity contribution in [1.29, 1.82) is 0 Å². The van der Waals surface area contributed by atoms with Gasteiger partial charge in [-0.2, -0.15) is 0 Å². The van der Waals surface area contributed by atoms with Crippen LogP contribution in [0.25, 0.3) is 0 Å². The molecule has 0 saturated heterocycles. The molecule has 0 heterocycles. The number of hydrogen-bond acceptors (Lipinski definition) is 5. The summed E-state index contributed by atoms with van der Waals surface area (Å²) in [6.45, 7) is 3.92. The van der Waals surface area contributed by atoms with Gasteiger partial charge in [0.15, 0.2) is 6.10 Å². The van der Waals surface area contributed by atoms with Gasteiger partial charge in [0.1, 0.15) is 6.61 Å². The molecule has 0 aliphatic heterocycles. The summed E-state index contributed by atoms with van der Waals surface area (Å²) in [5.41, 5.74) is 0. The second-order valence-electron chi connectivity index (χ2n) is 19.0. The molecule has 0 saturated carbocycles. The van der Waals surface area contributed by atoms with Crippen molar-refractivity contribution in [3.05, 3.63) is 97.2 Å². The maximum atomic E-state index is 12.3. The highest BCUT2D eigenvalue weighted by Crippen LogP contribution is 2.17. The Hall–Kier alpha value is -3.18. The maximum Gasteiger partial charge on any atom is 0.306 e. The lowest BCUT2D eigenvalue weighted by atomic mass is 10.0. The van der Waals surface area contributed by atoms with Gasteiger partial charge in [0, 0.05) is 12.8 Å². The summed E-state index contributed by atoms with van der Waals surface area (Å²) in [6.07, 6.45) is 82.5. The normalized spacial score (nSPS) is 12.9. The summed E-state index contributed by atoms with van der Waals surface area (Å²) in [5, 5.41) is 9.65. The summed E-state index contributed by atoms with van der Waals surface area (Å²) < 4.78 is 10.7. The fraction of sp³-hybridized carbons (Fsp3) is 0.714. The fourth-order valence-electron chi connectivity index (χ4n) is 8.13. The quantitative estimate of drug-likeness (QED) is 0.0374. The van der Waals surface area contributed by atoms with Crippen LogP contribution in [0.4, 0.5) is 0 Å². The zero-order valence-electron chi connectivity index (χ0n) is 44.6. The zero-order valence-corrected chi connectivity index (χ0v) is 44.6. The van der Waals surface area contributed by atoms with E-state index in [-0.39, 0.29) is 25.2 Å². The minimum Gasteiger partial charge on any atom is -0.462 e. The van der Waals surface area contributed by atoms with Gasteiger partial charge < -0.3 is 14.6 Å². The molecule has 1 unspecified atom stereocenters. The van der Waals surface area contributed by atoms with Gasteiger partial charge in [-0.25, -0.2) is 0 Å². The molecule has 1 N–H and O–H groups in total. The number of aliphatic hydroxyl groups is 1. The van der Waals surface area contributed by atoms with Crippen molar-refractivity contribution >= 4 is 11.9 Å². The molecule has 5 heteroatoms. The fourth-order valence-corrected chi connectivity index (χ4v) is 8.13. The molecular weight excluding hydrogens is 837 g/mol. The van der Waals surface area contributed by atoms with Crippen molar-refractivity contribution in [2.45, 2.75) is 277 Å². The minimum atomic E-state index is -0.782. The molecule has 0 aliphatic rings. The van der Waals surface area contributed by atoms with Gasteiger partial charge in [0.25, 0.3) is 0 Å². The van der Waals surface area contributed by atoms with E-state index in [1.165, 1.54) is 148 Å². The van der Waals surface area contributed by atoms with Crippen LogP contribution in [-0.4, -0.2) is 36.4 Å². The molecule has 0 fully saturated rings. The SMILES string of the molecule is CC/C=C\C/C=C\C/C=C\C/C=C\CCCCCCCCCCCCCCCCCCCCCCCCC(=O)OC(CO)COC(=O)CCCCCCCC/C=C\C/C=C\C/C=C\C/C=C\CC. The number of hydrogen-bond donors (Lipinski definition) is 1. The molecule has 0 rings (SSSR count). The van der Waals surface area contributed by atoms with Crippen molar-refractivity contribution < 1.29 is 24.2 Å². The van der Waals surface area contributed by atoms with Crippen molar-refractivity contribution in [3.63, 3.8) is 0 Å². The van der Waals surface area contributed by atoms with Crippen LogP contribution in [0.3, 0.4) is 0 Å². The first-order valence-electron chi connectivity index (χ1n) is 28.8. The number of carbonyl (C=O) groups is 2. The summed E-state index contributed by atoms with van der Waals surface area (Å²) in [4.78, 5) is 24.5. The predicted octanol–water partition coefficient (Wildman–Crippen LogP) is 19.5. The monoisotopic (exact) mass is 945 g/mol. The Bertz CT molecular complexity index is 1300. The molecule has 68 heavy (non-hydrogen) atoms. The second-order valence-corrected chi connectivity index (χ2v) is 19.0. The third kappa shape index (κ3) is 55.4. The number of ether oxygens (including phenoxy) is 2. The highest BCUT2D eigenvalue weighted by molar-refractivity contribution is 5.70. The number of aliphatic hydroxyl groups excluding tert-OH is 1. The van der Waals surface area contributed by atoms with Crippen molar-refractivity contribution in [2.75, 3.05) is 13.2 Å². The third-order valence-electron chi connectivity index (χ3n) is 12.4. The van der Waals surface area contributed by atoms with E-state index in [0.29, 0.717) is 12.8 Å². The Kier molecular flexibility index (Phi) is 55.4. The molecule has 0 aliphatic carbocycles. The Morgan fingerprint density at radius 1 is 0.338 bits per heavy atom. The van der Waals surface area contributed by atoms with Gasteiger partial charge in [-0.15, -0.1) is 0 Å². The highest BCUT2D eigenvalue weighted by Gasteiger charge is 2.16. The van der Waals surface area contributed by atoms with Crippen LogP contribution in [-0.2, 0) is 19.1 Å². The topological polar surface area (TPSA) is 72.8 Å². The number of carbonyl (C=O) groups excluding carboxylic acids is 2. The molecule has 0 aromatic rings. The summed E-state index contributed by atoms with van der Waals surface area (Å²) in [5.74, 6) is -0.601. The zero-order chi connectivity index (χ0) is 49.2. The lowest BCUT2D eigenvalue weighted by molar-refractivity contribution is -0.161. The third-order valence-corrected chi connectivity index (χ3v) is 12.4. The first kappa shape index (κ1) is 64.8. The first-order chi connectivity index (χ1) is 33.6. The molecule has 0 radical (unpaired) electrons. The van der Waals surface area contributed by atoms with Gasteiger partial charge in [-0.05, 0) is 89.9 Å². The Balaban J connectivity index is 3.45. The van der Waals surface area contributed by atoms with E-state index < -0.39 is 6.10 Å². The van der Waals surface area contributed by atoms with E-state index in [9.17, 15) is 14.7 Å². The average Bonchev–Trinajstić information content (AvgIpc) is 3.34. The molecule has 5 nitrogen and oxygen atoms in total. The Morgan fingerprint density at radius 2 is 0.588 bits per heavy atom. The molecule has 0 spiro atoms. The lowest BCUT2D eigenvalue weighted by Gasteiger charge is -2.15. The average molecular weight is 946 g/mol. The molecule has 1 atom stereocenters. The first-order valence-corrected chi connectivity index (χ1v) is 28.8. The van der Waals surface area contributed by atoms with E-state index in [1.807, 2.05) is 0 Å². The van der Waals surface area contributed by atoms with Crippen molar-refractivity contribution in [1.82, 2.24) is 0 Å². The van der Waals surface area contributed by atoms with E-state index in [1.54, 1.807) is 0 Å². The summed E-state index contributed by atoms with van der Waals surface area (Å²) in [6, 6.07) is 0. The number of allylic oxidation sites excluding steroid dienone is 16. The molecule has 0 aromatic carbocycles. The number of unbranched alkanes of at least 4 members (excludes halogenated alkanes) is 28. The number of rotatable bonds is 52. The second kappa shape index (κ2) is 58.1. The Morgan fingerprint density at radius 3 is 0.882 bits per heavy atom. The van der Waals surface area contributed by atoms with Crippen molar-refractivity contribution in [3.8, 4) is 0 Å². The van der Waals surface area contributed by atoms with Crippen LogP contribution in [0.5, 0.6) is 0 Å². The highest BCUT2D eigenvalue weighted by atomic mass is 16.6. The Labute approximate surface area is 421 Å². The van der Waals surface area contributed by atoms with E-state index in [0.717, 1.165) is 96.3 Å². The van der Waals surface area contributed by atoms with Crippen LogP contribution in [0.15, 0.2) is 97.2 Å². The molecule has 0 amide bonds. The van der Waals surface area contributed by atoms with E-state index in [2.05, 4.69) is 111 Å². The van der Waals surface area contributed by atoms with Crippen LogP contribution in [0.2, 0.25) is 0 Å². The van der Waals surface area contributed by atoms with Crippen LogP contribution in [0.1, 0.15) is 271 Å². The summed E-state index contributed by atoms with van der Waals surface area (Å²) >= 11 is 0. The van der Waals surface area contributed by atoms with Gasteiger partial charge in [0.05, 0.1) is 6.61 Å². The lowest BCUT2D eigenvalue weighted by Crippen LogP contribution is -2.28. The minimum absolute atomic E-state index is 0.0749. The van der Waals surface area contributed by atoms with Crippen molar-refractivity contribution in [2.24, 2.45) is 0 Å². The molecule has 0 bridgehead atoms. The molecule has 0 aromatic heterocycles. The standard InChI is InChI=1S/C63H108O5/c1-3-5-7-9-11-13-15-17-19-21-23-24-25-26-27-28-29-30-31-32-33-34-35-36-37-38-40-42-44-46-48-50-52-54-56-58-63(66)68-61(59-64)60-67-62(65)57-55-53-51-49-47-45-43-41-39-22-20-18-16-14-12-10-8-6-4-2/h5-8,11-14,17-20,23-24,39,41,61,64H,3-4,9-10,15-16,21-22,25-38,40,42-60H2,1-2H3/b7-5-,8-6-,13-11-,14-12-,19-17-,20-18-,24-23-,41-39-. The van der Waals surface area contributed by atoms with Gasteiger partial charge >= 0.3 is 11.9 Å². The molecular formula is C63H108O5. The predicted molar refractivity (Wildman–Crippen MR) is 297 cm³/mol. The summed E-state index contributed by atoms with van der Waals surface area (Å²) in [7, 11) is 0. The van der Waals surface area contributed by atoms with Gasteiger partial charge in [0.2, 0.25) is 0 Å². The maximum absolute atomic E-state index is 12.3. The smallest absolute Gasteiger partial charge is 0.306 e. The van der Waals surface area contributed by atoms with E-state index in [4.69, 9.17) is 9.47 Å². The van der Waals surface area contributed by atoms with Gasteiger partial charge in [-0.3, -0.25) is 9.59 Å². The number of esters is 2.